The van der Waals surface area contributed by atoms with Crippen molar-refractivity contribution in [3.05, 3.63) is 29.8 Å². The lowest BCUT2D eigenvalue weighted by Crippen LogP contribution is -2.38. The van der Waals surface area contributed by atoms with Gasteiger partial charge in [-0.2, -0.15) is 0 Å². The number of carbonyl (C=O) groups excluding carboxylic acids is 1. The molecule has 1 amide bonds. The van der Waals surface area contributed by atoms with Crippen LogP contribution in [0, 0.1) is 5.92 Å². The van der Waals surface area contributed by atoms with Gasteiger partial charge in [0, 0.05) is 11.6 Å². The second kappa shape index (κ2) is 7.02. The van der Waals surface area contributed by atoms with Crippen LogP contribution in [0.25, 0.3) is 0 Å². The molecule has 0 aliphatic heterocycles. The first-order valence-electron chi connectivity index (χ1n) is 8.42. The van der Waals surface area contributed by atoms with E-state index in [1.807, 2.05) is 12.1 Å². The van der Waals surface area contributed by atoms with Crippen molar-refractivity contribution in [1.82, 2.24) is 5.32 Å². The third-order valence-corrected chi connectivity index (χ3v) is 4.88. The highest BCUT2D eigenvalue weighted by Crippen LogP contribution is 2.26. The number of aliphatic carboxylic acids is 1. The fourth-order valence-corrected chi connectivity index (χ4v) is 3.12. The van der Waals surface area contributed by atoms with Gasteiger partial charge in [-0.25, -0.2) is 0 Å². The molecule has 0 spiro atoms. The lowest BCUT2D eigenvalue weighted by molar-refractivity contribution is -0.142. The standard InChI is InChI=1S/C18H23NO4/c20-17(19-14-8-4-13(5-9-14)18(21)22)12-6-10-16(11-7-12)23-15-2-1-3-15/h6-7,10-11,13-15H,1-5,8-9H2,(H,19,20)(H,21,22). The van der Waals surface area contributed by atoms with Crippen LogP contribution in [0.1, 0.15) is 55.3 Å². The van der Waals surface area contributed by atoms with Gasteiger partial charge in [-0.15, -0.1) is 0 Å². The van der Waals surface area contributed by atoms with Gasteiger partial charge in [0.15, 0.2) is 0 Å². The van der Waals surface area contributed by atoms with Crippen molar-refractivity contribution in [1.29, 1.82) is 0 Å². The largest absolute Gasteiger partial charge is 0.490 e. The van der Waals surface area contributed by atoms with Gasteiger partial charge in [-0.3, -0.25) is 9.59 Å². The molecule has 5 heteroatoms. The van der Waals surface area contributed by atoms with Crippen molar-refractivity contribution in [3.8, 4) is 5.75 Å². The summed E-state index contributed by atoms with van der Waals surface area (Å²) in [6, 6.07) is 7.32. The van der Waals surface area contributed by atoms with Crippen molar-refractivity contribution in [3.63, 3.8) is 0 Å². The van der Waals surface area contributed by atoms with Gasteiger partial charge in [0.1, 0.15) is 5.75 Å². The molecule has 0 bridgehead atoms. The number of hydrogen-bond acceptors (Lipinski definition) is 3. The first kappa shape index (κ1) is 15.8. The smallest absolute Gasteiger partial charge is 0.306 e. The molecular formula is C18H23NO4. The predicted molar refractivity (Wildman–Crippen MR) is 85.6 cm³/mol. The quantitative estimate of drug-likeness (QED) is 0.875. The predicted octanol–water partition coefficient (Wildman–Crippen LogP) is 2.99. The molecule has 2 N–H and O–H groups in total. The van der Waals surface area contributed by atoms with Gasteiger partial charge < -0.3 is 15.2 Å². The Morgan fingerprint density at radius 1 is 1.00 bits per heavy atom. The Balaban J connectivity index is 1.49. The highest BCUT2D eigenvalue weighted by Gasteiger charge is 2.27. The monoisotopic (exact) mass is 317 g/mol. The van der Waals surface area contributed by atoms with Crippen LogP contribution in [-0.4, -0.2) is 29.1 Å². The van der Waals surface area contributed by atoms with E-state index in [2.05, 4.69) is 5.32 Å². The first-order valence-corrected chi connectivity index (χ1v) is 8.42. The van der Waals surface area contributed by atoms with Crippen molar-refractivity contribution in [2.45, 2.75) is 57.1 Å². The molecule has 5 nitrogen and oxygen atoms in total. The van der Waals surface area contributed by atoms with Crippen LogP contribution in [0.3, 0.4) is 0 Å². The van der Waals surface area contributed by atoms with E-state index in [9.17, 15) is 9.59 Å². The molecular weight excluding hydrogens is 294 g/mol. The number of carboxylic acid groups (broad SMARTS) is 1. The molecule has 0 unspecified atom stereocenters. The minimum Gasteiger partial charge on any atom is -0.490 e. The fourth-order valence-electron chi connectivity index (χ4n) is 3.12. The number of nitrogens with one attached hydrogen (secondary N) is 1. The minimum absolute atomic E-state index is 0.0732. The molecule has 0 atom stereocenters. The number of ether oxygens (including phenoxy) is 1. The molecule has 3 rings (SSSR count). The molecule has 0 radical (unpaired) electrons. The number of rotatable bonds is 5. The van der Waals surface area contributed by atoms with E-state index in [0.29, 0.717) is 24.5 Å². The summed E-state index contributed by atoms with van der Waals surface area (Å²) in [7, 11) is 0. The molecule has 1 aromatic rings. The summed E-state index contributed by atoms with van der Waals surface area (Å²) >= 11 is 0. The molecule has 124 valence electrons. The summed E-state index contributed by atoms with van der Waals surface area (Å²) in [4.78, 5) is 23.2. The zero-order valence-corrected chi connectivity index (χ0v) is 13.2. The van der Waals surface area contributed by atoms with Crippen LogP contribution in [0.5, 0.6) is 5.75 Å². The Morgan fingerprint density at radius 3 is 2.17 bits per heavy atom. The summed E-state index contributed by atoms with van der Waals surface area (Å²) < 4.78 is 5.78. The van der Waals surface area contributed by atoms with Crippen molar-refractivity contribution in [2.24, 2.45) is 5.92 Å². The summed E-state index contributed by atoms with van der Waals surface area (Å²) in [5, 5.41) is 12.0. The average molecular weight is 317 g/mol. The number of hydrogen-bond donors (Lipinski definition) is 2. The lowest BCUT2D eigenvalue weighted by atomic mass is 9.86. The highest BCUT2D eigenvalue weighted by atomic mass is 16.5. The Labute approximate surface area is 136 Å². The summed E-state index contributed by atoms with van der Waals surface area (Å²) in [5.74, 6) is -0.268. The first-order chi connectivity index (χ1) is 11.1. The van der Waals surface area contributed by atoms with Crippen LogP contribution < -0.4 is 10.1 Å². The maximum Gasteiger partial charge on any atom is 0.306 e. The number of amides is 1. The molecule has 23 heavy (non-hydrogen) atoms. The van der Waals surface area contributed by atoms with Gasteiger partial charge in [0.05, 0.1) is 12.0 Å². The molecule has 2 fully saturated rings. The fraction of sp³-hybridized carbons (Fsp3) is 0.556. The second-order valence-corrected chi connectivity index (χ2v) is 6.56. The topological polar surface area (TPSA) is 75.6 Å². The van der Waals surface area contributed by atoms with Crippen molar-refractivity contribution in [2.75, 3.05) is 0 Å². The average Bonchev–Trinajstić information content (AvgIpc) is 2.52. The van der Waals surface area contributed by atoms with Crippen molar-refractivity contribution >= 4 is 11.9 Å². The normalized spacial score (nSPS) is 24.5. The van der Waals surface area contributed by atoms with E-state index in [0.717, 1.165) is 31.4 Å². The van der Waals surface area contributed by atoms with Crippen LogP contribution in [-0.2, 0) is 4.79 Å². The Morgan fingerprint density at radius 2 is 1.65 bits per heavy atom. The van der Waals surface area contributed by atoms with Crippen LogP contribution in [0.15, 0.2) is 24.3 Å². The Bertz CT molecular complexity index is 557. The van der Waals surface area contributed by atoms with Gasteiger partial charge in [0.2, 0.25) is 0 Å². The van der Waals surface area contributed by atoms with Gasteiger partial charge in [-0.1, -0.05) is 0 Å². The maximum absolute atomic E-state index is 12.3. The molecule has 2 saturated carbocycles. The zero-order chi connectivity index (χ0) is 16.2. The molecule has 1 aromatic carbocycles. The summed E-state index contributed by atoms with van der Waals surface area (Å²) in [6.07, 6.45) is 6.51. The SMILES string of the molecule is O=C(NC1CCC(C(=O)O)CC1)c1ccc(OC2CCC2)cc1. The number of benzene rings is 1. The van der Waals surface area contributed by atoms with E-state index in [1.54, 1.807) is 12.1 Å². The van der Waals surface area contributed by atoms with Gasteiger partial charge in [-0.05, 0) is 69.2 Å². The van der Waals surface area contributed by atoms with E-state index in [1.165, 1.54) is 6.42 Å². The van der Waals surface area contributed by atoms with Crippen LogP contribution in [0.4, 0.5) is 0 Å². The molecule has 0 aromatic heterocycles. The summed E-state index contributed by atoms with van der Waals surface area (Å²) in [5.41, 5.74) is 0.617. The Hall–Kier alpha value is -2.04. The van der Waals surface area contributed by atoms with E-state index >= 15 is 0 Å². The molecule has 2 aliphatic carbocycles. The maximum atomic E-state index is 12.3. The van der Waals surface area contributed by atoms with E-state index in [-0.39, 0.29) is 17.9 Å². The van der Waals surface area contributed by atoms with E-state index in [4.69, 9.17) is 9.84 Å². The molecule has 0 saturated heterocycles. The third kappa shape index (κ3) is 4.03. The second-order valence-electron chi connectivity index (χ2n) is 6.56. The number of carbonyl (C=O) groups is 2. The van der Waals surface area contributed by atoms with Crippen LogP contribution >= 0.6 is 0 Å². The van der Waals surface area contributed by atoms with Crippen LogP contribution in [0.2, 0.25) is 0 Å². The van der Waals surface area contributed by atoms with Crippen molar-refractivity contribution < 1.29 is 19.4 Å². The summed E-state index contributed by atoms with van der Waals surface area (Å²) in [6.45, 7) is 0. The third-order valence-electron chi connectivity index (χ3n) is 4.88. The lowest BCUT2D eigenvalue weighted by Gasteiger charge is -2.27. The zero-order valence-electron chi connectivity index (χ0n) is 13.2. The van der Waals surface area contributed by atoms with Gasteiger partial charge >= 0.3 is 5.97 Å². The number of carboxylic acids is 1. The molecule has 2 aliphatic rings. The minimum atomic E-state index is -0.725. The van der Waals surface area contributed by atoms with E-state index < -0.39 is 5.97 Å². The molecule has 0 heterocycles. The highest BCUT2D eigenvalue weighted by molar-refractivity contribution is 5.94. The van der Waals surface area contributed by atoms with Gasteiger partial charge in [0.25, 0.3) is 5.91 Å². The Kier molecular flexibility index (Phi) is 4.84.